The zero-order valence-corrected chi connectivity index (χ0v) is 17.6. The molecule has 1 unspecified atom stereocenters. The summed E-state index contributed by atoms with van der Waals surface area (Å²) in [6, 6.07) is 11.3. The highest BCUT2D eigenvalue weighted by molar-refractivity contribution is 6.00. The maximum absolute atomic E-state index is 12.5. The van der Waals surface area contributed by atoms with Gasteiger partial charge in [0.05, 0.1) is 11.6 Å². The van der Waals surface area contributed by atoms with Gasteiger partial charge in [0, 0.05) is 43.5 Å². The fourth-order valence-electron chi connectivity index (χ4n) is 3.57. The van der Waals surface area contributed by atoms with E-state index < -0.39 is 0 Å². The number of carbonyl (C=O) groups excluding carboxylic acids is 2. The molecule has 1 fully saturated rings. The molecule has 31 heavy (non-hydrogen) atoms. The molecule has 2 aromatic heterocycles. The Kier molecular flexibility index (Phi) is 5.92. The minimum Gasteiger partial charge on any atom is -0.368 e. The average molecular weight is 419 g/mol. The molecule has 0 spiro atoms. The molecule has 4 rings (SSSR count). The van der Waals surface area contributed by atoms with E-state index in [1.165, 1.54) is 6.33 Å². The molecule has 2 N–H and O–H groups in total. The number of rotatable bonds is 7. The molecule has 0 bridgehead atoms. The van der Waals surface area contributed by atoms with Gasteiger partial charge in [0.2, 0.25) is 11.8 Å². The third kappa shape index (κ3) is 4.55. The lowest BCUT2D eigenvalue weighted by molar-refractivity contribution is -0.126. The van der Waals surface area contributed by atoms with Crippen LogP contribution in [0.25, 0.3) is 5.82 Å². The van der Waals surface area contributed by atoms with Gasteiger partial charge in [0.15, 0.2) is 0 Å². The molecule has 0 aliphatic carbocycles. The summed E-state index contributed by atoms with van der Waals surface area (Å²) in [6.45, 7) is 5.28. The summed E-state index contributed by atoms with van der Waals surface area (Å²) >= 11 is 0. The van der Waals surface area contributed by atoms with E-state index in [4.69, 9.17) is 0 Å². The highest BCUT2D eigenvalue weighted by Crippen LogP contribution is 2.24. The van der Waals surface area contributed by atoms with Crippen LogP contribution in [-0.2, 0) is 9.59 Å². The molecule has 0 radical (unpaired) electrons. The summed E-state index contributed by atoms with van der Waals surface area (Å²) in [5.41, 5.74) is 2.80. The number of amides is 2. The predicted octanol–water partition coefficient (Wildman–Crippen LogP) is 1.86. The summed E-state index contributed by atoms with van der Waals surface area (Å²) in [6.07, 6.45) is 3.46. The van der Waals surface area contributed by atoms with Crippen LogP contribution in [0.2, 0.25) is 0 Å². The number of nitrogens with zero attached hydrogens (tertiary/aromatic N) is 5. The Morgan fingerprint density at radius 2 is 1.94 bits per heavy atom. The lowest BCUT2D eigenvalue weighted by Gasteiger charge is -2.16. The molecular formula is C22H25N7O2. The molecule has 2 amide bonds. The first-order valence-corrected chi connectivity index (χ1v) is 10.2. The largest absolute Gasteiger partial charge is 0.368 e. The van der Waals surface area contributed by atoms with Crippen molar-refractivity contribution >= 4 is 23.3 Å². The summed E-state index contributed by atoms with van der Waals surface area (Å²) < 4.78 is 1.90. The molecule has 0 saturated carbocycles. The van der Waals surface area contributed by atoms with E-state index in [-0.39, 0.29) is 24.2 Å². The van der Waals surface area contributed by atoms with Crippen molar-refractivity contribution in [3.63, 3.8) is 0 Å². The van der Waals surface area contributed by atoms with Crippen molar-refractivity contribution in [3.8, 4) is 5.82 Å². The van der Waals surface area contributed by atoms with Gasteiger partial charge in [-0.2, -0.15) is 0 Å². The van der Waals surface area contributed by atoms with Gasteiger partial charge < -0.3 is 15.5 Å². The Balaban J connectivity index is 1.27. The third-order valence-electron chi connectivity index (χ3n) is 5.45. The van der Waals surface area contributed by atoms with Crippen molar-refractivity contribution in [2.45, 2.75) is 20.3 Å². The minimum atomic E-state index is -0.342. The van der Waals surface area contributed by atoms with E-state index in [2.05, 4.69) is 25.6 Å². The smallest absolute Gasteiger partial charge is 0.227 e. The number of aromatic nitrogens is 4. The molecule has 160 valence electrons. The van der Waals surface area contributed by atoms with Crippen LogP contribution in [0.1, 0.15) is 17.8 Å². The van der Waals surface area contributed by atoms with Gasteiger partial charge in [-0.25, -0.2) is 15.0 Å². The zero-order chi connectivity index (χ0) is 21.8. The number of hydrogen-bond acceptors (Lipinski definition) is 6. The molecule has 1 saturated heterocycles. The number of imidazole rings is 1. The minimum absolute atomic E-state index is 0.0250. The van der Waals surface area contributed by atoms with Crippen LogP contribution in [0.15, 0.2) is 49.1 Å². The highest BCUT2D eigenvalue weighted by atomic mass is 16.2. The lowest BCUT2D eigenvalue weighted by Crippen LogP contribution is -2.35. The number of benzene rings is 1. The molecule has 1 aliphatic rings. The van der Waals surface area contributed by atoms with Gasteiger partial charge in [-0.15, -0.1) is 0 Å². The molecular weight excluding hydrogens is 394 g/mol. The van der Waals surface area contributed by atoms with Gasteiger partial charge in [-0.3, -0.25) is 14.2 Å². The van der Waals surface area contributed by atoms with Crippen LogP contribution in [-0.4, -0.2) is 51.0 Å². The van der Waals surface area contributed by atoms with Crippen LogP contribution in [0, 0.1) is 19.8 Å². The van der Waals surface area contributed by atoms with Crippen molar-refractivity contribution in [3.05, 3.63) is 60.4 Å². The van der Waals surface area contributed by atoms with Gasteiger partial charge in [0.25, 0.3) is 0 Å². The Hall–Kier alpha value is -3.75. The van der Waals surface area contributed by atoms with Crippen molar-refractivity contribution in [1.29, 1.82) is 0 Å². The monoisotopic (exact) mass is 419 g/mol. The SMILES string of the molecule is Cc1ncn(-c2cc(NCCNC(=O)C3CC(=O)N(c4ccccc4)C3)ncn2)c1C. The van der Waals surface area contributed by atoms with E-state index in [0.717, 1.165) is 22.9 Å². The first-order valence-electron chi connectivity index (χ1n) is 10.2. The third-order valence-corrected chi connectivity index (χ3v) is 5.45. The maximum atomic E-state index is 12.5. The van der Waals surface area contributed by atoms with Gasteiger partial charge >= 0.3 is 0 Å². The first kappa shape index (κ1) is 20.5. The molecule has 3 aromatic rings. The molecule has 1 aliphatic heterocycles. The summed E-state index contributed by atoms with van der Waals surface area (Å²) in [5, 5.41) is 6.10. The average Bonchev–Trinajstić information content (AvgIpc) is 3.34. The second kappa shape index (κ2) is 8.95. The Morgan fingerprint density at radius 1 is 1.13 bits per heavy atom. The number of hydrogen-bond donors (Lipinski definition) is 2. The van der Waals surface area contributed by atoms with E-state index in [0.29, 0.717) is 25.5 Å². The number of para-hydroxylation sites is 1. The van der Waals surface area contributed by atoms with Crippen molar-refractivity contribution in [2.75, 3.05) is 29.9 Å². The van der Waals surface area contributed by atoms with Gasteiger partial charge in [-0.1, -0.05) is 18.2 Å². The van der Waals surface area contributed by atoms with E-state index in [9.17, 15) is 9.59 Å². The summed E-state index contributed by atoms with van der Waals surface area (Å²) in [7, 11) is 0. The lowest BCUT2D eigenvalue weighted by atomic mass is 10.1. The number of carbonyl (C=O) groups is 2. The van der Waals surface area contributed by atoms with Gasteiger partial charge in [-0.05, 0) is 26.0 Å². The molecule has 9 nitrogen and oxygen atoms in total. The Bertz CT molecular complexity index is 1080. The van der Waals surface area contributed by atoms with Crippen LogP contribution in [0.5, 0.6) is 0 Å². The Morgan fingerprint density at radius 3 is 2.68 bits per heavy atom. The fraction of sp³-hybridized carbons (Fsp3) is 0.318. The summed E-state index contributed by atoms with van der Waals surface area (Å²) in [5.74, 6) is 0.914. The van der Waals surface area contributed by atoms with E-state index in [1.54, 1.807) is 11.2 Å². The number of aryl methyl sites for hydroxylation is 1. The van der Waals surface area contributed by atoms with E-state index >= 15 is 0 Å². The Labute approximate surface area is 180 Å². The molecule has 1 aromatic carbocycles. The first-order chi connectivity index (χ1) is 15.0. The maximum Gasteiger partial charge on any atom is 0.227 e. The van der Waals surface area contributed by atoms with Crippen molar-refractivity contribution < 1.29 is 9.59 Å². The zero-order valence-electron chi connectivity index (χ0n) is 17.6. The second-order valence-corrected chi connectivity index (χ2v) is 7.51. The molecule has 1 atom stereocenters. The van der Waals surface area contributed by atoms with Gasteiger partial charge in [0.1, 0.15) is 24.3 Å². The predicted molar refractivity (Wildman–Crippen MR) is 117 cm³/mol. The number of anilines is 2. The van der Waals surface area contributed by atoms with Crippen LogP contribution >= 0.6 is 0 Å². The molecule has 3 heterocycles. The van der Waals surface area contributed by atoms with Crippen LogP contribution in [0.3, 0.4) is 0 Å². The fourth-order valence-corrected chi connectivity index (χ4v) is 3.57. The summed E-state index contributed by atoms with van der Waals surface area (Å²) in [4.78, 5) is 39.3. The standard InChI is InChI=1S/C22H25N7O2/c1-15-16(2)29(14-27-15)20-11-19(25-13-26-20)23-8-9-24-22(31)17-10-21(30)28(12-17)18-6-4-3-5-7-18/h3-7,11,13-14,17H,8-10,12H2,1-2H3,(H,24,31)(H,23,25,26). The topological polar surface area (TPSA) is 105 Å². The quantitative estimate of drug-likeness (QED) is 0.567. The highest BCUT2D eigenvalue weighted by Gasteiger charge is 2.34. The van der Waals surface area contributed by atoms with Crippen LogP contribution < -0.4 is 15.5 Å². The van der Waals surface area contributed by atoms with Crippen LogP contribution in [0.4, 0.5) is 11.5 Å². The number of nitrogens with one attached hydrogen (secondary N) is 2. The normalized spacial score (nSPS) is 15.9. The molecule has 9 heteroatoms. The van der Waals surface area contributed by atoms with Crippen molar-refractivity contribution in [2.24, 2.45) is 5.92 Å². The van der Waals surface area contributed by atoms with Crippen molar-refractivity contribution in [1.82, 2.24) is 24.8 Å². The second-order valence-electron chi connectivity index (χ2n) is 7.51. The van der Waals surface area contributed by atoms with E-state index in [1.807, 2.05) is 54.8 Å².